The van der Waals surface area contributed by atoms with E-state index in [0.29, 0.717) is 17.3 Å². The molecule has 0 aliphatic heterocycles. The van der Waals surface area contributed by atoms with Crippen molar-refractivity contribution in [3.8, 4) is 0 Å². The van der Waals surface area contributed by atoms with Crippen LogP contribution in [0.15, 0.2) is 41.3 Å². The Morgan fingerprint density at radius 2 is 1.81 bits per heavy atom. The SMILES string of the molecule is Cc1ccc(Nc2ccc(S(=O)(=O)NCC[NH+](C)C)cc2[N+](=O)[O-])c(Cl)c1. The van der Waals surface area contributed by atoms with Crippen LogP contribution in [0.25, 0.3) is 0 Å². The number of benzene rings is 2. The molecule has 0 aliphatic carbocycles. The van der Waals surface area contributed by atoms with Crippen LogP contribution in [0.1, 0.15) is 5.56 Å². The topological polar surface area (TPSA) is 106 Å². The first kappa shape index (κ1) is 21.1. The van der Waals surface area contributed by atoms with E-state index in [2.05, 4.69) is 10.0 Å². The summed E-state index contributed by atoms with van der Waals surface area (Å²) in [4.78, 5) is 11.7. The molecule has 0 aliphatic rings. The van der Waals surface area contributed by atoms with Gasteiger partial charge in [0.05, 0.1) is 47.7 Å². The van der Waals surface area contributed by atoms with E-state index in [0.717, 1.165) is 16.5 Å². The lowest BCUT2D eigenvalue weighted by Gasteiger charge is -2.12. The Morgan fingerprint density at radius 3 is 2.41 bits per heavy atom. The molecule has 0 atom stereocenters. The molecule has 0 fully saturated rings. The van der Waals surface area contributed by atoms with Crippen molar-refractivity contribution in [3.05, 3.63) is 57.1 Å². The van der Waals surface area contributed by atoms with Crippen LogP contribution in [0, 0.1) is 17.0 Å². The summed E-state index contributed by atoms with van der Waals surface area (Å²) >= 11 is 6.16. The quantitative estimate of drug-likeness (QED) is 0.451. The molecule has 0 aromatic heterocycles. The summed E-state index contributed by atoms with van der Waals surface area (Å²) in [5, 5.41) is 14.8. The zero-order valence-corrected chi connectivity index (χ0v) is 16.8. The van der Waals surface area contributed by atoms with Gasteiger partial charge in [0.2, 0.25) is 10.0 Å². The number of hydrogen-bond donors (Lipinski definition) is 3. The number of nitro groups is 1. The molecule has 0 saturated carbocycles. The van der Waals surface area contributed by atoms with Crippen molar-refractivity contribution in [2.75, 3.05) is 32.5 Å². The van der Waals surface area contributed by atoms with Crippen LogP contribution < -0.4 is 14.9 Å². The van der Waals surface area contributed by atoms with E-state index < -0.39 is 14.9 Å². The van der Waals surface area contributed by atoms with Crippen LogP contribution in [-0.2, 0) is 10.0 Å². The van der Waals surface area contributed by atoms with E-state index in [-0.39, 0.29) is 22.8 Å². The molecule has 0 radical (unpaired) electrons. The molecular formula is C17H22ClN4O4S+. The van der Waals surface area contributed by atoms with Crippen molar-refractivity contribution < 1.29 is 18.2 Å². The number of quaternary nitrogens is 1. The second-order valence-corrected chi connectivity index (χ2v) is 8.57. The lowest BCUT2D eigenvalue weighted by molar-refractivity contribution is -0.856. The average Bonchev–Trinajstić information content (AvgIpc) is 2.56. The Kier molecular flexibility index (Phi) is 6.77. The zero-order valence-electron chi connectivity index (χ0n) is 15.2. The maximum atomic E-state index is 12.4. The number of hydrogen-bond acceptors (Lipinski definition) is 5. The summed E-state index contributed by atoms with van der Waals surface area (Å²) in [6.07, 6.45) is 0. The van der Waals surface area contributed by atoms with Gasteiger partial charge in [0.25, 0.3) is 5.69 Å². The predicted molar refractivity (Wildman–Crippen MR) is 105 cm³/mol. The normalized spacial score (nSPS) is 11.6. The van der Waals surface area contributed by atoms with Crippen LogP contribution in [0.2, 0.25) is 5.02 Å². The Hall–Kier alpha value is -2.20. The number of halogens is 1. The molecule has 3 N–H and O–H groups in total. The van der Waals surface area contributed by atoms with Crippen LogP contribution in [0.5, 0.6) is 0 Å². The highest BCUT2D eigenvalue weighted by molar-refractivity contribution is 7.89. The summed E-state index contributed by atoms with van der Waals surface area (Å²) < 4.78 is 27.2. The van der Waals surface area contributed by atoms with Crippen LogP contribution in [0.4, 0.5) is 17.1 Å². The summed E-state index contributed by atoms with van der Waals surface area (Å²) in [5.41, 5.74) is 1.25. The van der Waals surface area contributed by atoms with Gasteiger partial charge in [-0.05, 0) is 36.8 Å². The monoisotopic (exact) mass is 413 g/mol. The van der Waals surface area contributed by atoms with Gasteiger partial charge in [-0.25, -0.2) is 13.1 Å². The molecule has 2 aromatic carbocycles. The second kappa shape index (κ2) is 8.66. The highest BCUT2D eigenvalue weighted by Crippen LogP contribution is 2.33. The predicted octanol–water partition coefficient (Wildman–Crippen LogP) is 1.72. The van der Waals surface area contributed by atoms with Gasteiger partial charge in [0.15, 0.2) is 0 Å². The molecule has 0 unspecified atom stereocenters. The van der Waals surface area contributed by atoms with Gasteiger partial charge in [-0.2, -0.15) is 0 Å². The number of likely N-dealkylation sites (N-methyl/N-ethyl adjacent to an activating group) is 1. The number of nitrogens with zero attached hydrogens (tertiary/aromatic N) is 1. The van der Waals surface area contributed by atoms with E-state index >= 15 is 0 Å². The Bertz CT molecular complexity index is 948. The van der Waals surface area contributed by atoms with Crippen molar-refractivity contribution in [3.63, 3.8) is 0 Å². The highest BCUT2D eigenvalue weighted by Gasteiger charge is 2.22. The molecule has 0 saturated heterocycles. The van der Waals surface area contributed by atoms with Crippen LogP contribution >= 0.6 is 11.6 Å². The van der Waals surface area contributed by atoms with Crippen LogP contribution in [-0.4, -0.2) is 40.5 Å². The number of nitrogens with one attached hydrogen (secondary N) is 3. The maximum Gasteiger partial charge on any atom is 0.294 e. The number of nitro benzene ring substituents is 1. The fraction of sp³-hybridized carbons (Fsp3) is 0.294. The third-order valence-corrected chi connectivity index (χ3v) is 5.56. The van der Waals surface area contributed by atoms with E-state index in [4.69, 9.17) is 11.6 Å². The van der Waals surface area contributed by atoms with Crippen molar-refractivity contribution in [2.24, 2.45) is 0 Å². The van der Waals surface area contributed by atoms with E-state index in [1.807, 2.05) is 27.1 Å². The first-order valence-corrected chi connectivity index (χ1v) is 10.1. The molecule has 0 spiro atoms. The molecule has 0 bridgehead atoms. The molecule has 2 rings (SSSR count). The van der Waals surface area contributed by atoms with E-state index in [9.17, 15) is 18.5 Å². The molecular weight excluding hydrogens is 392 g/mol. The standard InChI is InChI=1S/C17H21ClN4O4S/c1-12-4-6-15(14(18)10-12)20-16-7-5-13(11-17(16)22(23)24)27(25,26)19-8-9-21(2)3/h4-7,10-11,19-20H,8-9H2,1-3H3/p+1. The number of sulfonamides is 1. The summed E-state index contributed by atoms with van der Waals surface area (Å²) in [6, 6.07) is 8.97. The van der Waals surface area contributed by atoms with Gasteiger partial charge in [-0.1, -0.05) is 17.7 Å². The third-order valence-electron chi connectivity index (χ3n) is 3.79. The Balaban J connectivity index is 2.32. The largest absolute Gasteiger partial charge is 0.349 e. The third kappa shape index (κ3) is 5.64. The minimum atomic E-state index is -3.84. The molecule has 10 heteroatoms. The van der Waals surface area contributed by atoms with Crippen LogP contribution in [0.3, 0.4) is 0 Å². The number of rotatable bonds is 8. The van der Waals surface area contributed by atoms with Gasteiger partial charge in [0.1, 0.15) is 5.69 Å². The van der Waals surface area contributed by atoms with Crippen molar-refractivity contribution in [2.45, 2.75) is 11.8 Å². The minimum absolute atomic E-state index is 0.155. The first-order valence-electron chi connectivity index (χ1n) is 8.20. The average molecular weight is 414 g/mol. The lowest BCUT2D eigenvalue weighted by atomic mass is 10.2. The zero-order chi connectivity index (χ0) is 20.2. The number of aryl methyl sites for hydroxylation is 1. The summed E-state index contributed by atoms with van der Waals surface area (Å²) in [5.74, 6) is 0. The highest BCUT2D eigenvalue weighted by atomic mass is 35.5. The maximum absolute atomic E-state index is 12.4. The number of anilines is 2. The molecule has 0 heterocycles. The fourth-order valence-electron chi connectivity index (χ4n) is 2.32. The summed E-state index contributed by atoms with van der Waals surface area (Å²) in [6.45, 7) is 2.70. The first-order chi connectivity index (χ1) is 12.6. The molecule has 8 nitrogen and oxygen atoms in total. The van der Waals surface area contributed by atoms with Gasteiger partial charge in [-0.3, -0.25) is 10.1 Å². The Labute approximate surface area is 163 Å². The van der Waals surface area contributed by atoms with Gasteiger partial charge < -0.3 is 10.2 Å². The van der Waals surface area contributed by atoms with Gasteiger partial charge in [-0.15, -0.1) is 0 Å². The molecule has 146 valence electrons. The van der Waals surface area contributed by atoms with Gasteiger partial charge >= 0.3 is 0 Å². The smallest absolute Gasteiger partial charge is 0.294 e. The molecule has 2 aromatic rings. The Morgan fingerprint density at radius 1 is 1.15 bits per heavy atom. The lowest BCUT2D eigenvalue weighted by Crippen LogP contribution is -3.06. The van der Waals surface area contributed by atoms with Crippen molar-refractivity contribution in [1.82, 2.24) is 4.72 Å². The van der Waals surface area contributed by atoms with Crippen molar-refractivity contribution in [1.29, 1.82) is 0 Å². The summed E-state index contributed by atoms with van der Waals surface area (Å²) in [7, 11) is -0.0397. The fourth-order valence-corrected chi connectivity index (χ4v) is 3.65. The molecule has 27 heavy (non-hydrogen) atoms. The van der Waals surface area contributed by atoms with E-state index in [1.54, 1.807) is 12.1 Å². The minimum Gasteiger partial charge on any atom is -0.349 e. The van der Waals surface area contributed by atoms with E-state index in [1.165, 1.54) is 12.1 Å². The second-order valence-electron chi connectivity index (χ2n) is 6.40. The molecule has 0 amide bonds. The van der Waals surface area contributed by atoms with Gasteiger partial charge in [0, 0.05) is 6.07 Å². The van der Waals surface area contributed by atoms with Crippen molar-refractivity contribution >= 4 is 38.7 Å².